The number of pyridine rings is 3. The van der Waals surface area contributed by atoms with Crippen molar-refractivity contribution in [2.75, 3.05) is 59.3 Å². The van der Waals surface area contributed by atoms with Crippen molar-refractivity contribution in [3.05, 3.63) is 111 Å². The number of amides is 5. The third kappa shape index (κ3) is 9.54. The van der Waals surface area contributed by atoms with Crippen molar-refractivity contribution in [1.29, 1.82) is 0 Å². The summed E-state index contributed by atoms with van der Waals surface area (Å²) in [7, 11) is -5.08. The second-order valence-corrected chi connectivity index (χ2v) is 22.8. The average Bonchev–Trinajstić information content (AvgIpc) is 4.22. The van der Waals surface area contributed by atoms with Gasteiger partial charge in [0.25, 0.3) is 29.2 Å². The minimum atomic E-state index is -5.08. The molecule has 4 aromatic heterocycles. The molecule has 1 aliphatic carbocycles. The topological polar surface area (TPSA) is 257 Å². The smallest absolute Gasteiger partial charge is 0.392 e. The summed E-state index contributed by atoms with van der Waals surface area (Å²) in [4.78, 5) is 119. The molecule has 3 atom stereocenters. The largest absolute Gasteiger partial charge is 0.471 e. The van der Waals surface area contributed by atoms with Crippen LogP contribution in [0.5, 0.6) is 0 Å². The van der Waals surface area contributed by atoms with Gasteiger partial charge in [0.15, 0.2) is 0 Å². The molecule has 404 valence electrons. The Morgan fingerprint density at radius 1 is 0.870 bits per heavy atom. The highest BCUT2D eigenvalue weighted by molar-refractivity contribution is 7.46. The molecule has 3 fully saturated rings. The van der Waals surface area contributed by atoms with Crippen molar-refractivity contribution in [2.24, 2.45) is 12.4 Å². The van der Waals surface area contributed by atoms with Crippen LogP contribution in [-0.4, -0.2) is 142 Å². The maximum absolute atomic E-state index is 14.1. The highest BCUT2D eigenvalue weighted by atomic mass is 31.2. The predicted molar refractivity (Wildman–Crippen MR) is 284 cm³/mol. The van der Waals surface area contributed by atoms with Gasteiger partial charge in [0.2, 0.25) is 5.91 Å². The maximum atomic E-state index is 14.1. The number of aromatic nitrogens is 4. The number of aliphatic hydroxyl groups excluding tert-OH is 1. The van der Waals surface area contributed by atoms with E-state index in [0.29, 0.717) is 70.4 Å². The SMILES string of the molecule is [2H]C([2H])([2H])n1cc(-c2ccnc(N3CCn4c(cc5c4CC(C)(C)C5)C3=O)c2CO)cc(Nc2ccc(N3CCN(C4CCN(c5ccc6c(c5)C(=O)N([C@H]5CCC(=O)N(C(C)OP(=O)(O)O)C5=O)C6=O)CC4)C[C@@H]3C)cn2)c1=O. The molecule has 1 aromatic carbocycles. The molecule has 0 saturated carbocycles. The molecule has 9 heterocycles. The Morgan fingerprint density at radius 2 is 1.64 bits per heavy atom. The third-order valence-corrected chi connectivity index (χ3v) is 16.6. The fraction of sp³-hybridized carbons (Fsp3) is 0.444. The van der Waals surface area contributed by atoms with E-state index in [1.807, 2.05) is 12.1 Å². The number of rotatable bonds is 12. The number of likely N-dealkylation sites (tertiary alicyclic amines) is 1. The number of piperazine rings is 1. The summed E-state index contributed by atoms with van der Waals surface area (Å²) in [5.41, 5.74) is 5.03. The first-order chi connectivity index (χ1) is 37.9. The Hall–Kier alpha value is -7.07. The molecule has 0 spiro atoms. The third-order valence-electron chi connectivity index (χ3n) is 16.0. The average molecular weight is 1080 g/mol. The number of phosphoric acid groups is 1. The molecule has 22 nitrogen and oxygen atoms in total. The quantitative estimate of drug-likeness (QED) is 0.0997. The van der Waals surface area contributed by atoms with Crippen molar-refractivity contribution in [3.8, 4) is 11.1 Å². The molecule has 5 aliphatic heterocycles. The molecular formula is C54H62N11O11P. The van der Waals surface area contributed by atoms with Gasteiger partial charge in [-0.05, 0) is 111 Å². The van der Waals surface area contributed by atoms with Crippen LogP contribution in [0.4, 0.5) is 28.7 Å². The highest BCUT2D eigenvalue weighted by Crippen LogP contribution is 2.42. The van der Waals surface area contributed by atoms with Crippen LogP contribution in [-0.2, 0) is 51.6 Å². The Labute approximate surface area is 448 Å². The lowest BCUT2D eigenvalue weighted by Crippen LogP contribution is -2.58. The number of aliphatic hydroxyl groups is 1. The molecule has 11 rings (SSSR count). The van der Waals surface area contributed by atoms with E-state index in [1.165, 1.54) is 29.7 Å². The summed E-state index contributed by atoms with van der Waals surface area (Å²) >= 11 is 0. The van der Waals surface area contributed by atoms with E-state index in [0.717, 1.165) is 62.0 Å². The zero-order valence-electron chi connectivity index (χ0n) is 46.1. The predicted octanol–water partition coefficient (Wildman–Crippen LogP) is 4.41. The molecular weight excluding hydrogens is 1010 g/mol. The van der Waals surface area contributed by atoms with Gasteiger partial charge in [0.05, 0.1) is 29.6 Å². The number of benzene rings is 1. The summed E-state index contributed by atoms with van der Waals surface area (Å²) < 4.78 is 43.6. The van der Waals surface area contributed by atoms with Gasteiger partial charge in [0, 0.05) is 110 Å². The van der Waals surface area contributed by atoms with Gasteiger partial charge < -0.3 is 39.1 Å². The minimum absolute atomic E-state index is 0.0588. The zero-order valence-corrected chi connectivity index (χ0v) is 44.0. The van der Waals surface area contributed by atoms with E-state index in [-0.39, 0.29) is 58.9 Å². The van der Waals surface area contributed by atoms with Gasteiger partial charge in [-0.25, -0.2) is 14.5 Å². The van der Waals surface area contributed by atoms with Crippen LogP contribution < -0.4 is 25.6 Å². The summed E-state index contributed by atoms with van der Waals surface area (Å²) in [5.74, 6) is -2.77. The van der Waals surface area contributed by atoms with Gasteiger partial charge in [0.1, 0.15) is 35.3 Å². The molecule has 4 N–H and O–H groups in total. The van der Waals surface area contributed by atoms with Crippen LogP contribution >= 0.6 is 7.82 Å². The number of fused-ring (bicyclic) bond motifs is 4. The second-order valence-electron chi connectivity index (χ2n) is 21.6. The van der Waals surface area contributed by atoms with Crippen LogP contribution in [0.1, 0.15) is 106 Å². The van der Waals surface area contributed by atoms with Gasteiger partial charge in [-0.2, -0.15) is 0 Å². The second kappa shape index (κ2) is 19.7. The summed E-state index contributed by atoms with van der Waals surface area (Å²) in [6.45, 7) is 8.83. The standard InChI is InChI=1S/C54H62N11O11P/c1-31-28-60(35-13-16-59(17-14-35)36-6-8-39-40(24-36)50(69)65(49(39)68)43-9-11-47(67)64(53(43)72)32(2)76-77(73,74)75)18-19-61(31)37-7-10-46(56-27-37)57-42-22-34(29-58(5)51(42)70)38-12-15-55-48(41(38)30-66)63-21-20-62-44(52(63)71)23-33-25-54(3,4)26-45(33)62/h6-8,10,12,15,22-24,27,29,31-32,35,43,66H,9,11,13-14,16-21,25-26,28,30H2,1-5H3,(H,56,57)(H2,73,74,75)/t31-,32?,43-/m0/s1/i5D3. The van der Waals surface area contributed by atoms with E-state index in [9.17, 15) is 48.2 Å². The van der Waals surface area contributed by atoms with Gasteiger partial charge in [-0.3, -0.25) is 52.9 Å². The molecule has 0 radical (unpaired) electrons. The molecule has 0 bridgehead atoms. The Bertz CT molecular complexity index is 3480. The Balaban J connectivity index is 0.726. The zero-order chi connectivity index (χ0) is 56.9. The molecule has 77 heavy (non-hydrogen) atoms. The lowest BCUT2D eigenvalue weighted by atomic mass is 9.90. The van der Waals surface area contributed by atoms with Crippen LogP contribution in [0.15, 0.2) is 71.9 Å². The first kappa shape index (κ1) is 48.3. The number of carbonyl (C=O) groups is 5. The first-order valence-corrected chi connectivity index (χ1v) is 27.4. The minimum Gasteiger partial charge on any atom is -0.392 e. The first-order valence-electron chi connectivity index (χ1n) is 27.4. The molecule has 3 saturated heterocycles. The molecule has 23 heteroatoms. The lowest BCUT2D eigenvalue weighted by molar-refractivity contribution is -0.161. The summed E-state index contributed by atoms with van der Waals surface area (Å²) in [6.07, 6.45) is 5.86. The van der Waals surface area contributed by atoms with Gasteiger partial charge in [-0.1, -0.05) is 13.8 Å². The number of hydrogen-bond acceptors (Lipinski definition) is 15. The monoisotopic (exact) mass is 1070 g/mol. The van der Waals surface area contributed by atoms with E-state index in [4.69, 9.17) is 4.11 Å². The highest BCUT2D eigenvalue weighted by Gasteiger charge is 2.49. The number of imide groups is 2. The van der Waals surface area contributed by atoms with Crippen molar-refractivity contribution >= 4 is 66.1 Å². The van der Waals surface area contributed by atoms with Crippen molar-refractivity contribution in [1.82, 2.24) is 33.8 Å². The number of carbonyl (C=O) groups excluding carboxylic acids is 5. The van der Waals surface area contributed by atoms with Crippen LogP contribution in [0.25, 0.3) is 11.1 Å². The fourth-order valence-electron chi connectivity index (χ4n) is 12.4. The normalized spacial score (nSPS) is 22.2. The van der Waals surface area contributed by atoms with Gasteiger partial charge >= 0.3 is 7.82 Å². The Kier molecular flexibility index (Phi) is 12.4. The van der Waals surface area contributed by atoms with Crippen molar-refractivity contribution < 1.29 is 52.1 Å². The molecule has 5 amide bonds. The number of anilines is 5. The fourth-order valence-corrected chi connectivity index (χ4v) is 12.9. The number of nitrogens with zero attached hydrogens (tertiary/aromatic N) is 10. The summed E-state index contributed by atoms with van der Waals surface area (Å²) in [5, 5.41) is 13.9. The van der Waals surface area contributed by atoms with E-state index in [2.05, 4.69) is 59.8 Å². The van der Waals surface area contributed by atoms with Crippen LogP contribution in [0.3, 0.4) is 0 Å². The van der Waals surface area contributed by atoms with Gasteiger partial charge in [-0.15, -0.1) is 0 Å². The van der Waals surface area contributed by atoms with Crippen LogP contribution in [0.2, 0.25) is 0 Å². The molecule has 5 aromatic rings. The van der Waals surface area contributed by atoms with E-state index in [1.54, 1.807) is 41.4 Å². The number of phosphoric ester groups is 1. The lowest BCUT2D eigenvalue weighted by Gasteiger charge is -2.46. The molecule has 1 unspecified atom stereocenters. The number of aryl methyl sites for hydroxylation is 1. The van der Waals surface area contributed by atoms with E-state index < -0.39 is 62.9 Å². The van der Waals surface area contributed by atoms with E-state index >= 15 is 0 Å². The summed E-state index contributed by atoms with van der Waals surface area (Å²) in [6, 6.07) is 12.7. The Morgan fingerprint density at radius 3 is 2.35 bits per heavy atom. The number of nitrogens with one attached hydrogen (secondary N) is 1. The van der Waals surface area contributed by atoms with Crippen LogP contribution in [0, 0.1) is 5.41 Å². The number of piperidine rings is 2. The maximum Gasteiger partial charge on any atom is 0.471 e. The molecule has 6 aliphatic rings. The van der Waals surface area contributed by atoms with Crippen molar-refractivity contribution in [2.45, 2.75) is 104 Å². The number of hydrogen-bond donors (Lipinski definition) is 4. The van der Waals surface area contributed by atoms with Crippen molar-refractivity contribution in [3.63, 3.8) is 0 Å².